The van der Waals surface area contributed by atoms with Crippen molar-refractivity contribution in [3.05, 3.63) is 66.4 Å². The van der Waals surface area contributed by atoms with Gasteiger partial charge in [0, 0.05) is 5.56 Å². The quantitative estimate of drug-likeness (QED) is 0.605. The maximum atomic E-state index is 4.73. The molecule has 0 atom stereocenters. The number of rotatable bonds is 2. The second-order valence-corrected chi connectivity index (χ2v) is 4.98. The third-order valence-corrected chi connectivity index (χ3v) is 3.55. The van der Waals surface area contributed by atoms with Crippen molar-refractivity contribution in [3.63, 3.8) is 0 Å². The number of hydrogen-bond acceptors (Lipinski definition) is 2. The molecule has 0 aliphatic rings. The van der Waals surface area contributed by atoms with Gasteiger partial charge in [0.25, 0.3) is 0 Å². The summed E-state index contributed by atoms with van der Waals surface area (Å²) in [6, 6.07) is 20.2. The number of aryl methyl sites for hydroxylation is 1. The van der Waals surface area contributed by atoms with E-state index < -0.39 is 0 Å². The van der Waals surface area contributed by atoms with Gasteiger partial charge in [0.15, 0.2) is 5.65 Å². The van der Waals surface area contributed by atoms with Gasteiger partial charge in [-0.3, -0.25) is 0 Å². The number of imidazole rings is 1. The van der Waals surface area contributed by atoms with Crippen LogP contribution in [-0.2, 0) is 0 Å². The van der Waals surface area contributed by atoms with Crippen molar-refractivity contribution in [1.82, 2.24) is 19.7 Å². The highest BCUT2D eigenvalue weighted by atomic mass is 15.3. The number of benzene rings is 2. The number of aromatic nitrogens is 4. The summed E-state index contributed by atoms with van der Waals surface area (Å²) in [6.45, 7) is 1.99. The average Bonchev–Trinajstić information content (AvgIpc) is 3.10. The van der Waals surface area contributed by atoms with E-state index in [1.807, 2.05) is 72.3 Å². The Morgan fingerprint density at radius 2 is 1.57 bits per heavy atom. The van der Waals surface area contributed by atoms with Crippen LogP contribution in [0.2, 0.25) is 0 Å². The molecule has 2 aromatic carbocycles. The van der Waals surface area contributed by atoms with Crippen molar-refractivity contribution < 1.29 is 0 Å². The highest BCUT2D eigenvalue weighted by Crippen LogP contribution is 2.24. The average molecular weight is 274 g/mol. The summed E-state index contributed by atoms with van der Waals surface area (Å²) in [5, 5.41) is 4.58. The molecule has 0 fully saturated rings. The van der Waals surface area contributed by atoms with Crippen LogP contribution in [0.5, 0.6) is 0 Å². The minimum atomic E-state index is 0.859. The molecule has 1 N–H and O–H groups in total. The second-order valence-electron chi connectivity index (χ2n) is 4.98. The monoisotopic (exact) mass is 274 g/mol. The van der Waals surface area contributed by atoms with E-state index in [9.17, 15) is 0 Å². The van der Waals surface area contributed by atoms with Crippen LogP contribution in [0.1, 0.15) is 5.69 Å². The largest absolute Gasteiger partial charge is 0.335 e. The molecule has 0 radical (unpaired) electrons. The molecule has 0 aliphatic carbocycles. The van der Waals surface area contributed by atoms with Gasteiger partial charge in [0.2, 0.25) is 0 Å². The lowest BCUT2D eigenvalue weighted by Crippen LogP contribution is -1.97. The number of hydrogen-bond donors (Lipinski definition) is 1. The van der Waals surface area contributed by atoms with Crippen LogP contribution in [0.15, 0.2) is 60.7 Å². The molecule has 0 spiro atoms. The summed E-state index contributed by atoms with van der Waals surface area (Å²) in [5.41, 5.74) is 4.88. The van der Waals surface area contributed by atoms with Gasteiger partial charge in [-0.05, 0) is 19.1 Å². The summed E-state index contributed by atoms with van der Waals surface area (Å²) in [4.78, 5) is 8.10. The van der Waals surface area contributed by atoms with Crippen molar-refractivity contribution in [3.8, 4) is 17.1 Å². The highest BCUT2D eigenvalue weighted by Gasteiger charge is 2.14. The standard InChI is InChI=1S/C17H14N4/c1-12-15-17(21(20-12)14-10-6-3-7-11-14)19-16(18-15)13-8-4-2-5-9-13/h2-11H,1H3,(H,18,19). The second kappa shape index (κ2) is 4.59. The van der Waals surface area contributed by atoms with Gasteiger partial charge in [-0.15, -0.1) is 0 Å². The van der Waals surface area contributed by atoms with Crippen LogP contribution in [-0.4, -0.2) is 19.7 Å². The van der Waals surface area contributed by atoms with Crippen LogP contribution >= 0.6 is 0 Å². The van der Waals surface area contributed by atoms with Gasteiger partial charge in [0.05, 0.1) is 11.4 Å². The number of fused-ring (bicyclic) bond motifs is 1. The van der Waals surface area contributed by atoms with Crippen LogP contribution < -0.4 is 0 Å². The zero-order valence-corrected chi connectivity index (χ0v) is 11.6. The van der Waals surface area contributed by atoms with Gasteiger partial charge in [0.1, 0.15) is 11.3 Å². The Bertz CT molecular complexity index is 889. The summed E-state index contributed by atoms with van der Waals surface area (Å²) in [6.07, 6.45) is 0. The lowest BCUT2D eigenvalue weighted by atomic mass is 10.2. The van der Waals surface area contributed by atoms with E-state index in [1.165, 1.54) is 0 Å². The number of nitrogens with zero attached hydrogens (tertiary/aromatic N) is 3. The Kier molecular flexibility index (Phi) is 2.60. The Hall–Kier alpha value is -2.88. The fourth-order valence-electron chi connectivity index (χ4n) is 2.50. The first-order chi connectivity index (χ1) is 10.3. The molecule has 0 unspecified atom stereocenters. The highest BCUT2D eigenvalue weighted by molar-refractivity contribution is 5.80. The van der Waals surface area contributed by atoms with E-state index in [1.54, 1.807) is 0 Å². The fraction of sp³-hybridized carbons (Fsp3) is 0.0588. The summed E-state index contributed by atoms with van der Waals surface area (Å²) >= 11 is 0. The lowest BCUT2D eigenvalue weighted by Gasteiger charge is -2.00. The number of para-hydroxylation sites is 1. The number of aromatic amines is 1. The maximum Gasteiger partial charge on any atom is 0.181 e. The van der Waals surface area contributed by atoms with Crippen LogP contribution in [0.25, 0.3) is 28.2 Å². The first-order valence-corrected chi connectivity index (χ1v) is 6.89. The SMILES string of the molecule is Cc1nn(-c2ccccc2)c2nc(-c3ccccc3)[nH]c12. The molecule has 2 heterocycles. The molecule has 0 saturated heterocycles. The van der Waals surface area contributed by atoms with Crippen molar-refractivity contribution >= 4 is 11.2 Å². The molecule has 0 saturated carbocycles. The summed E-state index contributed by atoms with van der Waals surface area (Å²) in [5.74, 6) is 0.871. The molecule has 2 aromatic heterocycles. The fourth-order valence-corrected chi connectivity index (χ4v) is 2.50. The molecule has 0 bridgehead atoms. The number of nitrogens with one attached hydrogen (secondary N) is 1. The van der Waals surface area contributed by atoms with Gasteiger partial charge >= 0.3 is 0 Å². The number of H-pyrrole nitrogens is 1. The van der Waals surface area contributed by atoms with Crippen molar-refractivity contribution in [1.29, 1.82) is 0 Å². The molecule has 4 nitrogen and oxygen atoms in total. The van der Waals surface area contributed by atoms with Gasteiger partial charge in [-0.2, -0.15) is 5.10 Å². The van der Waals surface area contributed by atoms with E-state index in [2.05, 4.69) is 10.1 Å². The topological polar surface area (TPSA) is 46.5 Å². The zero-order chi connectivity index (χ0) is 14.2. The molecular formula is C17H14N4. The zero-order valence-electron chi connectivity index (χ0n) is 11.6. The van der Waals surface area contributed by atoms with Gasteiger partial charge in [-0.25, -0.2) is 9.67 Å². The predicted molar refractivity (Wildman–Crippen MR) is 83.4 cm³/mol. The molecule has 4 rings (SSSR count). The normalized spacial score (nSPS) is 11.1. The predicted octanol–water partition coefficient (Wildman–Crippen LogP) is 3.72. The summed E-state index contributed by atoms with van der Waals surface area (Å²) in [7, 11) is 0. The molecule has 102 valence electrons. The van der Waals surface area contributed by atoms with Gasteiger partial charge in [-0.1, -0.05) is 48.5 Å². The third-order valence-electron chi connectivity index (χ3n) is 3.55. The first-order valence-electron chi connectivity index (χ1n) is 6.89. The van der Waals surface area contributed by atoms with E-state index in [0.29, 0.717) is 0 Å². The Balaban J connectivity index is 1.93. The lowest BCUT2D eigenvalue weighted by molar-refractivity contribution is 0.876. The summed E-state index contributed by atoms with van der Waals surface area (Å²) < 4.78 is 1.88. The third kappa shape index (κ3) is 1.92. The van der Waals surface area contributed by atoms with Crippen molar-refractivity contribution in [2.75, 3.05) is 0 Å². The molecule has 4 heteroatoms. The molecule has 0 aliphatic heterocycles. The minimum absolute atomic E-state index is 0.859. The smallest absolute Gasteiger partial charge is 0.181 e. The molecule has 4 aromatic rings. The first kappa shape index (κ1) is 11.9. The van der Waals surface area contributed by atoms with E-state index in [-0.39, 0.29) is 0 Å². The Morgan fingerprint density at radius 1 is 0.905 bits per heavy atom. The molecular weight excluding hydrogens is 260 g/mol. The van der Waals surface area contributed by atoms with Gasteiger partial charge < -0.3 is 4.98 Å². The van der Waals surface area contributed by atoms with Crippen LogP contribution in [0.4, 0.5) is 0 Å². The minimum Gasteiger partial charge on any atom is -0.335 e. The van der Waals surface area contributed by atoms with Crippen molar-refractivity contribution in [2.24, 2.45) is 0 Å². The Labute approximate surface area is 122 Å². The van der Waals surface area contributed by atoms with E-state index >= 15 is 0 Å². The Morgan fingerprint density at radius 3 is 2.29 bits per heavy atom. The maximum absolute atomic E-state index is 4.73. The molecule has 0 amide bonds. The molecule has 21 heavy (non-hydrogen) atoms. The van der Waals surface area contributed by atoms with Crippen LogP contribution in [0, 0.1) is 6.92 Å². The van der Waals surface area contributed by atoms with Crippen molar-refractivity contribution in [2.45, 2.75) is 6.92 Å². The van der Waals surface area contributed by atoms with Crippen LogP contribution in [0.3, 0.4) is 0 Å². The van der Waals surface area contributed by atoms with E-state index in [0.717, 1.165) is 33.9 Å². The van der Waals surface area contributed by atoms with E-state index in [4.69, 9.17) is 4.98 Å².